The van der Waals surface area contributed by atoms with Crippen LogP contribution in [0.15, 0.2) is 54.6 Å². The standard InChI is InChI=1S/C19H20FNO2/c1-23-19(22)17-13-21(11-14-7-3-2-4-8-14)12-16(17)15-9-5-6-10-18(15)20/h2-10,16-17H,11-13H2,1H3/t16-,17+/m0/s1. The number of rotatable bonds is 4. The van der Waals surface area contributed by atoms with E-state index in [0.717, 1.165) is 6.54 Å². The Balaban J connectivity index is 1.82. The number of benzene rings is 2. The van der Waals surface area contributed by atoms with Crippen molar-refractivity contribution in [1.29, 1.82) is 0 Å². The van der Waals surface area contributed by atoms with Gasteiger partial charge in [0.15, 0.2) is 0 Å². The Bertz CT molecular complexity index is 674. The topological polar surface area (TPSA) is 29.5 Å². The average Bonchev–Trinajstić information content (AvgIpc) is 2.99. The van der Waals surface area contributed by atoms with Gasteiger partial charge in [0.05, 0.1) is 13.0 Å². The van der Waals surface area contributed by atoms with E-state index < -0.39 is 0 Å². The highest BCUT2D eigenvalue weighted by atomic mass is 19.1. The maximum atomic E-state index is 14.2. The van der Waals surface area contributed by atoms with Gasteiger partial charge >= 0.3 is 5.97 Å². The first-order valence-corrected chi connectivity index (χ1v) is 7.77. The molecule has 3 nitrogen and oxygen atoms in total. The van der Waals surface area contributed by atoms with Crippen molar-refractivity contribution in [2.45, 2.75) is 12.5 Å². The number of ether oxygens (including phenoxy) is 1. The lowest BCUT2D eigenvalue weighted by atomic mass is 9.88. The van der Waals surface area contributed by atoms with Crippen LogP contribution in [-0.4, -0.2) is 31.1 Å². The Morgan fingerprint density at radius 3 is 2.52 bits per heavy atom. The minimum atomic E-state index is -0.333. The number of carbonyl (C=O) groups excluding carboxylic acids is 1. The van der Waals surface area contributed by atoms with Gasteiger partial charge in [-0.05, 0) is 17.2 Å². The van der Waals surface area contributed by atoms with E-state index in [2.05, 4.69) is 17.0 Å². The van der Waals surface area contributed by atoms with Crippen LogP contribution >= 0.6 is 0 Å². The molecule has 1 fully saturated rings. The predicted octanol–water partition coefficient (Wildman–Crippen LogP) is 3.21. The molecule has 1 aliphatic rings. The Morgan fingerprint density at radius 1 is 1.13 bits per heavy atom. The molecule has 0 saturated carbocycles. The number of hydrogen-bond acceptors (Lipinski definition) is 3. The molecule has 0 aliphatic carbocycles. The van der Waals surface area contributed by atoms with Crippen molar-refractivity contribution in [2.24, 2.45) is 5.92 Å². The molecule has 1 aliphatic heterocycles. The van der Waals surface area contributed by atoms with E-state index >= 15 is 0 Å². The van der Waals surface area contributed by atoms with E-state index in [1.165, 1.54) is 18.7 Å². The molecule has 2 aromatic rings. The molecule has 0 aromatic heterocycles. The van der Waals surface area contributed by atoms with E-state index in [4.69, 9.17) is 4.74 Å². The van der Waals surface area contributed by atoms with E-state index in [-0.39, 0.29) is 23.6 Å². The summed E-state index contributed by atoms with van der Waals surface area (Å²) in [6.07, 6.45) is 0. The molecule has 120 valence electrons. The summed E-state index contributed by atoms with van der Waals surface area (Å²) in [4.78, 5) is 14.3. The van der Waals surface area contributed by atoms with Gasteiger partial charge in [-0.15, -0.1) is 0 Å². The molecule has 0 amide bonds. The number of esters is 1. The normalized spacial score (nSPS) is 21.3. The van der Waals surface area contributed by atoms with Gasteiger partial charge in [-0.1, -0.05) is 48.5 Å². The monoisotopic (exact) mass is 313 g/mol. The SMILES string of the molecule is COC(=O)[C@@H]1CN(Cc2ccccc2)C[C@H]1c1ccccc1F. The first-order valence-electron chi connectivity index (χ1n) is 7.77. The largest absolute Gasteiger partial charge is 0.469 e. The van der Waals surface area contributed by atoms with E-state index in [1.54, 1.807) is 12.1 Å². The molecule has 1 saturated heterocycles. The second kappa shape index (κ2) is 6.92. The summed E-state index contributed by atoms with van der Waals surface area (Å²) >= 11 is 0. The second-order valence-electron chi connectivity index (χ2n) is 5.94. The zero-order valence-electron chi connectivity index (χ0n) is 13.1. The average molecular weight is 313 g/mol. The minimum Gasteiger partial charge on any atom is -0.469 e. The third-order valence-electron chi connectivity index (χ3n) is 4.45. The van der Waals surface area contributed by atoms with Crippen LogP contribution in [0.1, 0.15) is 17.0 Å². The molecule has 1 heterocycles. The van der Waals surface area contributed by atoms with Crippen molar-refractivity contribution in [1.82, 2.24) is 4.90 Å². The Labute approximate surface area is 135 Å². The molecule has 2 aromatic carbocycles. The molecule has 23 heavy (non-hydrogen) atoms. The highest BCUT2D eigenvalue weighted by Crippen LogP contribution is 2.35. The van der Waals surface area contributed by atoms with Crippen LogP contribution in [0.5, 0.6) is 0 Å². The summed E-state index contributed by atoms with van der Waals surface area (Å²) in [5, 5.41) is 0. The van der Waals surface area contributed by atoms with Crippen LogP contribution in [0.25, 0.3) is 0 Å². The Kier molecular flexibility index (Phi) is 4.72. The lowest BCUT2D eigenvalue weighted by Gasteiger charge is -2.17. The third kappa shape index (κ3) is 3.42. The Hall–Kier alpha value is -2.20. The lowest BCUT2D eigenvalue weighted by molar-refractivity contribution is -0.145. The highest BCUT2D eigenvalue weighted by molar-refractivity contribution is 5.74. The zero-order chi connectivity index (χ0) is 16.2. The predicted molar refractivity (Wildman–Crippen MR) is 86.4 cm³/mol. The summed E-state index contributed by atoms with van der Waals surface area (Å²) in [5.41, 5.74) is 1.78. The number of likely N-dealkylation sites (tertiary alicyclic amines) is 1. The van der Waals surface area contributed by atoms with Crippen molar-refractivity contribution in [3.8, 4) is 0 Å². The fraction of sp³-hybridized carbons (Fsp3) is 0.316. The molecule has 4 heteroatoms. The highest BCUT2D eigenvalue weighted by Gasteiger charge is 2.40. The molecule has 0 bridgehead atoms. The quantitative estimate of drug-likeness (QED) is 0.812. The van der Waals surface area contributed by atoms with Crippen molar-refractivity contribution in [2.75, 3.05) is 20.2 Å². The van der Waals surface area contributed by atoms with Gasteiger partial charge in [-0.2, -0.15) is 0 Å². The lowest BCUT2D eigenvalue weighted by Crippen LogP contribution is -2.24. The van der Waals surface area contributed by atoms with Gasteiger partial charge in [0.1, 0.15) is 5.82 Å². The van der Waals surface area contributed by atoms with Crippen LogP contribution in [0, 0.1) is 11.7 Å². The molecule has 0 N–H and O–H groups in total. The number of nitrogens with zero attached hydrogens (tertiary/aromatic N) is 1. The second-order valence-corrected chi connectivity index (χ2v) is 5.94. The van der Waals surface area contributed by atoms with Crippen molar-refractivity contribution < 1.29 is 13.9 Å². The summed E-state index contributed by atoms with van der Waals surface area (Å²) in [5.74, 6) is -1.03. The smallest absolute Gasteiger partial charge is 0.310 e. The maximum Gasteiger partial charge on any atom is 0.310 e. The van der Waals surface area contributed by atoms with Crippen LogP contribution in [0.2, 0.25) is 0 Å². The maximum absolute atomic E-state index is 14.2. The fourth-order valence-corrected chi connectivity index (χ4v) is 3.34. The summed E-state index contributed by atoms with van der Waals surface area (Å²) < 4.78 is 19.1. The van der Waals surface area contributed by atoms with Crippen molar-refractivity contribution in [3.63, 3.8) is 0 Å². The van der Waals surface area contributed by atoms with E-state index in [0.29, 0.717) is 18.7 Å². The zero-order valence-corrected chi connectivity index (χ0v) is 13.1. The summed E-state index contributed by atoms with van der Waals surface area (Å²) in [7, 11) is 1.39. The van der Waals surface area contributed by atoms with E-state index in [1.807, 2.05) is 24.3 Å². The van der Waals surface area contributed by atoms with Gasteiger partial charge in [-0.25, -0.2) is 4.39 Å². The first kappa shape index (κ1) is 15.7. The van der Waals surface area contributed by atoms with Crippen molar-refractivity contribution >= 4 is 5.97 Å². The first-order chi connectivity index (χ1) is 11.2. The number of hydrogen-bond donors (Lipinski definition) is 0. The van der Waals surface area contributed by atoms with Crippen LogP contribution in [0.4, 0.5) is 4.39 Å². The van der Waals surface area contributed by atoms with Gasteiger partial charge in [-0.3, -0.25) is 9.69 Å². The molecule has 2 atom stereocenters. The molecule has 3 rings (SSSR count). The summed E-state index contributed by atoms with van der Waals surface area (Å²) in [6.45, 7) is 1.98. The van der Waals surface area contributed by atoms with Gasteiger partial charge in [0.2, 0.25) is 0 Å². The van der Waals surface area contributed by atoms with Crippen LogP contribution in [0.3, 0.4) is 0 Å². The number of carbonyl (C=O) groups is 1. The molecular weight excluding hydrogens is 293 g/mol. The van der Waals surface area contributed by atoms with Gasteiger partial charge < -0.3 is 4.74 Å². The Morgan fingerprint density at radius 2 is 1.83 bits per heavy atom. The summed E-state index contributed by atoms with van der Waals surface area (Å²) in [6, 6.07) is 16.8. The van der Waals surface area contributed by atoms with Gasteiger partial charge in [0.25, 0.3) is 0 Å². The van der Waals surface area contributed by atoms with Crippen LogP contribution in [-0.2, 0) is 16.1 Å². The number of halogens is 1. The number of methoxy groups -OCH3 is 1. The molecule has 0 unspecified atom stereocenters. The van der Waals surface area contributed by atoms with Crippen LogP contribution < -0.4 is 0 Å². The van der Waals surface area contributed by atoms with Crippen molar-refractivity contribution in [3.05, 3.63) is 71.5 Å². The molecule has 0 radical (unpaired) electrons. The fourth-order valence-electron chi connectivity index (χ4n) is 3.34. The van der Waals surface area contributed by atoms with E-state index in [9.17, 15) is 9.18 Å². The molecule has 0 spiro atoms. The van der Waals surface area contributed by atoms with Gasteiger partial charge in [0, 0.05) is 25.6 Å². The molecular formula is C19H20FNO2. The minimum absolute atomic E-state index is 0.174. The third-order valence-corrected chi connectivity index (χ3v) is 4.45.